The van der Waals surface area contributed by atoms with Crippen LogP contribution in [0.3, 0.4) is 0 Å². The third kappa shape index (κ3) is 7.49. The summed E-state index contributed by atoms with van der Waals surface area (Å²) in [4.78, 5) is 12.0. The Morgan fingerprint density at radius 2 is 1.72 bits per heavy atom. The van der Waals surface area contributed by atoms with E-state index in [1.54, 1.807) is 13.3 Å². The van der Waals surface area contributed by atoms with Crippen LogP contribution < -0.4 is 20.2 Å². The van der Waals surface area contributed by atoms with E-state index >= 15 is 0 Å². The molecule has 0 aliphatic rings. The molecule has 0 aliphatic carbocycles. The molecule has 1 amide bonds. The molecule has 0 spiro atoms. The van der Waals surface area contributed by atoms with Gasteiger partial charge in [0.2, 0.25) is 0 Å². The number of benzene rings is 3. The molecule has 6 nitrogen and oxygen atoms in total. The largest absolute Gasteiger partial charge is 0.493 e. The van der Waals surface area contributed by atoms with Gasteiger partial charge >= 0.3 is 0 Å². The molecule has 3 rings (SSSR count). The van der Waals surface area contributed by atoms with Crippen LogP contribution in [0.25, 0.3) is 0 Å². The van der Waals surface area contributed by atoms with Crippen molar-refractivity contribution < 1.29 is 14.3 Å². The van der Waals surface area contributed by atoms with Crippen LogP contribution in [0.2, 0.25) is 0 Å². The number of amides is 1. The lowest BCUT2D eigenvalue weighted by Crippen LogP contribution is -2.25. The number of ether oxygens (including phenoxy) is 2. The SMILES string of the molecule is COc1cc(/C=N\NC(=O)CNc2ccc(Br)cc2)cc(I)c1OCc1ccc(Br)cc1. The number of carbonyl (C=O) groups is 1. The summed E-state index contributed by atoms with van der Waals surface area (Å²) < 4.78 is 14.4. The molecular formula is C23H20Br2IN3O3. The Hall–Kier alpha value is -2.11. The van der Waals surface area contributed by atoms with Gasteiger partial charge in [0.25, 0.3) is 5.91 Å². The summed E-state index contributed by atoms with van der Waals surface area (Å²) in [6.45, 7) is 0.539. The number of hydrazone groups is 1. The number of rotatable bonds is 9. The first-order chi connectivity index (χ1) is 15.4. The van der Waals surface area contributed by atoms with E-state index in [1.807, 2.05) is 60.7 Å². The number of nitrogens with one attached hydrogen (secondary N) is 2. The maximum absolute atomic E-state index is 12.0. The third-order valence-electron chi connectivity index (χ3n) is 4.25. The number of nitrogens with zero attached hydrogens (tertiary/aromatic N) is 1. The van der Waals surface area contributed by atoms with Gasteiger partial charge in [0.1, 0.15) is 6.61 Å². The second-order valence-corrected chi connectivity index (χ2v) is 9.60. The van der Waals surface area contributed by atoms with Crippen molar-refractivity contribution in [1.82, 2.24) is 5.43 Å². The van der Waals surface area contributed by atoms with Crippen molar-refractivity contribution in [2.45, 2.75) is 6.61 Å². The van der Waals surface area contributed by atoms with Gasteiger partial charge in [-0.3, -0.25) is 4.79 Å². The molecule has 0 bridgehead atoms. The van der Waals surface area contributed by atoms with E-state index in [4.69, 9.17) is 9.47 Å². The summed E-state index contributed by atoms with van der Waals surface area (Å²) in [5.41, 5.74) is 5.20. The Labute approximate surface area is 217 Å². The highest BCUT2D eigenvalue weighted by molar-refractivity contribution is 14.1. The molecule has 0 aliphatic heterocycles. The average Bonchev–Trinajstić information content (AvgIpc) is 2.79. The first-order valence-electron chi connectivity index (χ1n) is 9.50. The highest BCUT2D eigenvalue weighted by Crippen LogP contribution is 2.34. The second-order valence-electron chi connectivity index (χ2n) is 6.60. The predicted octanol–water partition coefficient (Wildman–Crippen LogP) is 5.97. The Kier molecular flexibility index (Phi) is 9.36. The first-order valence-corrected chi connectivity index (χ1v) is 12.2. The first kappa shape index (κ1) is 24.5. The lowest BCUT2D eigenvalue weighted by molar-refractivity contribution is -0.119. The van der Waals surface area contributed by atoms with Crippen LogP contribution in [-0.4, -0.2) is 25.8 Å². The summed E-state index contributed by atoms with van der Waals surface area (Å²) in [5, 5.41) is 7.08. The number of carbonyl (C=O) groups excluding carboxylic acids is 1. The second kappa shape index (κ2) is 12.2. The molecule has 3 aromatic rings. The molecule has 0 radical (unpaired) electrons. The maximum atomic E-state index is 12.0. The van der Waals surface area contributed by atoms with Gasteiger partial charge < -0.3 is 14.8 Å². The minimum absolute atomic E-state index is 0.114. The van der Waals surface area contributed by atoms with Gasteiger partial charge in [-0.05, 0) is 82.2 Å². The number of anilines is 1. The summed E-state index contributed by atoms with van der Waals surface area (Å²) in [6.07, 6.45) is 1.57. The maximum Gasteiger partial charge on any atom is 0.259 e. The van der Waals surface area contributed by atoms with Crippen molar-refractivity contribution in [2.75, 3.05) is 19.0 Å². The minimum atomic E-state index is -0.250. The van der Waals surface area contributed by atoms with Crippen molar-refractivity contribution >= 4 is 72.3 Å². The Balaban J connectivity index is 1.57. The van der Waals surface area contributed by atoms with Crippen LogP contribution in [0.5, 0.6) is 11.5 Å². The van der Waals surface area contributed by atoms with E-state index in [9.17, 15) is 4.79 Å². The van der Waals surface area contributed by atoms with Gasteiger partial charge in [-0.25, -0.2) is 5.43 Å². The van der Waals surface area contributed by atoms with Crippen molar-refractivity contribution in [3.05, 3.63) is 84.3 Å². The monoisotopic (exact) mass is 671 g/mol. The van der Waals surface area contributed by atoms with Crippen LogP contribution >= 0.6 is 54.5 Å². The topological polar surface area (TPSA) is 72.0 Å². The summed E-state index contributed by atoms with van der Waals surface area (Å²) >= 11 is 9.00. The van der Waals surface area contributed by atoms with Gasteiger partial charge in [0.05, 0.1) is 23.4 Å². The molecule has 0 heterocycles. The van der Waals surface area contributed by atoms with Gasteiger partial charge in [-0.15, -0.1) is 0 Å². The Morgan fingerprint density at radius 1 is 1.06 bits per heavy atom. The smallest absolute Gasteiger partial charge is 0.259 e. The van der Waals surface area contributed by atoms with E-state index < -0.39 is 0 Å². The van der Waals surface area contributed by atoms with E-state index in [2.05, 4.69) is 70.3 Å². The van der Waals surface area contributed by atoms with Crippen molar-refractivity contribution in [1.29, 1.82) is 0 Å². The number of methoxy groups -OCH3 is 1. The zero-order valence-electron chi connectivity index (χ0n) is 17.1. The standard InChI is InChI=1S/C23H20Br2IN3O3/c1-31-21-11-16(10-20(26)23(21)32-14-15-2-4-17(24)5-3-15)12-28-29-22(30)13-27-19-8-6-18(25)7-9-19/h2-12,27H,13-14H2,1H3,(H,29,30)/b28-12-. The molecule has 9 heteroatoms. The van der Waals surface area contributed by atoms with Crippen LogP contribution in [0.1, 0.15) is 11.1 Å². The normalized spacial score (nSPS) is 10.8. The van der Waals surface area contributed by atoms with Crippen LogP contribution in [-0.2, 0) is 11.4 Å². The minimum Gasteiger partial charge on any atom is -0.493 e. The lowest BCUT2D eigenvalue weighted by Gasteiger charge is -2.13. The highest BCUT2D eigenvalue weighted by Gasteiger charge is 2.11. The quantitative estimate of drug-likeness (QED) is 0.167. The third-order valence-corrected chi connectivity index (χ3v) is 6.11. The van der Waals surface area contributed by atoms with E-state index in [0.717, 1.165) is 29.3 Å². The average molecular weight is 673 g/mol. The molecule has 0 unspecified atom stereocenters. The van der Waals surface area contributed by atoms with Crippen molar-refractivity contribution in [3.63, 3.8) is 0 Å². The molecule has 0 atom stereocenters. The predicted molar refractivity (Wildman–Crippen MR) is 143 cm³/mol. The zero-order chi connectivity index (χ0) is 22.9. The molecule has 166 valence electrons. The molecular weight excluding hydrogens is 653 g/mol. The number of halogens is 3. The van der Waals surface area contributed by atoms with E-state index in [0.29, 0.717) is 18.1 Å². The van der Waals surface area contributed by atoms with Crippen LogP contribution in [0.15, 0.2) is 74.7 Å². The molecule has 0 saturated carbocycles. The summed E-state index contributed by atoms with van der Waals surface area (Å²) in [6, 6.07) is 19.2. The number of hydrogen-bond donors (Lipinski definition) is 2. The van der Waals surface area contributed by atoms with E-state index in [-0.39, 0.29) is 12.5 Å². The zero-order valence-corrected chi connectivity index (χ0v) is 22.4. The van der Waals surface area contributed by atoms with E-state index in [1.165, 1.54) is 0 Å². The fourth-order valence-corrected chi connectivity index (χ4v) is 3.97. The Bertz CT molecular complexity index is 1090. The van der Waals surface area contributed by atoms with Gasteiger partial charge in [-0.2, -0.15) is 5.10 Å². The lowest BCUT2D eigenvalue weighted by atomic mass is 10.2. The van der Waals surface area contributed by atoms with Gasteiger partial charge in [-0.1, -0.05) is 44.0 Å². The molecule has 0 fully saturated rings. The van der Waals surface area contributed by atoms with Crippen molar-refractivity contribution in [2.24, 2.45) is 5.10 Å². The molecule has 32 heavy (non-hydrogen) atoms. The fourth-order valence-electron chi connectivity index (χ4n) is 2.66. The molecule has 0 saturated heterocycles. The van der Waals surface area contributed by atoms with Crippen LogP contribution in [0, 0.1) is 3.57 Å². The Morgan fingerprint density at radius 3 is 2.38 bits per heavy atom. The van der Waals surface area contributed by atoms with Crippen LogP contribution in [0.4, 0.5) is 5.69 Å². The fraction of sp³-hybridized carbons (Fsp3) is 0.130. The molecule has 3 aromatic carbocycles. The molecule has 2 N–H and O–H groups in total. The van der Waals surface area contributed by atoms with Gasteiger partial charge in [0.15, 0.2) is 11.5 Å². The van der Waals surface area contributed by atoms with Gasteiger partial charge in [0, 0.05) is 14.6 Å². The summed E-state index contributed by atoms with van der Waals surface area (Å²) in [5.74, 6) is 1.01. The summed E-state index contributed by atoms with van der Waals surface area (Å²) in [7, 11) is 1.59. The number of hydrogen-bond acceptors (Lipinski definition) is 5. The highest BCUT2D eigenvalue weighted by atomic mass is 127. The van der Waals surface area contributed by atoms with Crippen molar-refractivity contribution in [3.8, 4) is 11.5 Å². The molecule has 0 aromatic heterocycles.